The van der Waals surface area contributed by atoms with E-state index in [1.807, 2.05) is 24.0 Å². The van der Waals surface area contributed by atoms with Crippen LogP contribution >= 0.6 is 12.2 Å². The molecule has 1 saturated heterocycles. The number of rotatable bonds is 4. The van der Waals surface area contributed by atoms with Gasteiger partial charge in [-0.25, -0.2) is 4.79 Å². The van der Waals surface area contributed by atoms with Gasteiger partial charge in [0, 0.05) is 24.9 Å². The molecule has 4 bridgehead atoms. The number of benzene rings is 1. The number of carbonyl (C=O) groups is 1. The van der Waals surface area contributed by atoms with Crippen molar-refractivity contribution in [3.8, 4) is 0 Å². The summed E-state index contributed by atoms with van der Waals surface area (Å²) in [6.45, 7) is 6.68. The van der Waals surface area contributed by atoms with Crippen molar-refractivity contribution in [3.05, 3.63) is 29.8 Å². The summed E-state index contributed by atoms with van der Waals surface area (Å²) < 4.78 is 5.05. The normalized spacial score (nSPS) is 32.8. The number of carbonyl (C=O) groups excluding carboxylic acids is 1. The third-order valence-electron chi connectivity index (χ3n) is 8.09. The van der Waals surface area contributed by atoms with Gasteiger partial charge in [-0.2, -0.15) is 0 Å². The third-order valence-corrected chi connectivity index (χ3v) is 8.45. The van der Waals surface area contributed by atoms with Gasteiger partial charge < -0.3 is 19.9 Å². The van der Waals surface area contributed by atoms with Gasteiger partial charge in [0.15, 0.2) is 5.11 Å². The monoisotopic (exact) mass is 428 g/mol. The molecule has 6 rings (SSSR count). The largest absolute Gasteiger partial charge is 0.462 e. The molecule has 1 aromatic rings. The van der Waals surface area contributed by atoms with Crippen LogP contribution in [0.5, 0.6) is 0 Å². The molecule has 5 fully saturated rings. The van der Waals surface area contributed by atoms with Gasteiger partial charge in [-0.3, -0.25) is 0 Å². The van der Waals surface area contributed by atoms with E-state index in [1.54, 1.807) is 12.1 Å². The highest BCUT2D eigenvalue weighted by atomic mass is 32.1. The molecule has 0 aromatic heterocycles. The Balaban J connectivity index is 1.15. The molecule has 1 aliphatic heterocycles. The molecular weight excluding hydrogens is 394 g/mol. The van der Waals surface area contributed by atoms with E-state index >= 15 is 0 Å². The Bertz CT molecular complexity index is 766. The Kier molecular flexibility index (Phi) is 5.48. The lowest BCUT2D eigenvalue weighted by Crippen LogP contribution is -3.23. The average molecular weight is 429 g/mol. The van der Waals surface area contributed by atoms with Gasteiger partial charge in [0.25, 0.3) is 0 Å². The number of hydrogen-bond donors (Lipinski definition) is 2. The second-order valence-electron chi connectivity index (χ2n) is 10.0. The first-order valence-electron chi connectivity index (χ1n) is 11.7. The Morgan fingerprint density at radius 3 is 2.20 bits per heavy atom. The lowest BCUT2D eigenvalue weighted by atomic mass is 9.52. The summed E-state index contributed by atoms with van der Waals surface area (Å²) in [5.41, 5.74) is 2.07. The molecule has 4 saturated carbocycles. The minimum absolute atomic E-state index is 0.282. The van der Waals surface area contributed by atoms with Crippen molar-refractivity contribution in [2.45, 2.75) is 51.0 Å². The molecular formula is C24H34N3O2S+. The number of hydrogen-bond acceptors (Lipinski definition) is 3. The van der Waals surface area contributed by atoms with E-state index in [9.17, 15) is 4.79 Å². The maximum Gasteiger partial charge on any atom is 0.338 e. The van der Waals surface area contributed by atoms with Gasteiger partial charge >= 0.3 is 5.97 Å². The highest BCUT2D eigenvalue weighted by Crippen LogP contribution is 2.54. The summed E-state index contributed by atoms with van der Waals surface area (Å²) in [4.78, 5) is 16.0. The summed E-state index contributed by atoms with van der Waals surface area (Å²) in [6, 6.07) is 7.38. The summed E-state index contributed by atoms with van der Waals surface area (Å²) in [6.07, 6.45) is 8.97. The summed E-state index contributed by atoms with van der Waals surface area (Å²) in [7, 11) is 0. The van der Waals surface area contributed by atoms with Crippen molar-refractivity contribution in [1.29, 1.82) is 0 Å². The standard InChI is InChI=1S/C24H33N3O2S/c1-2-29-22(28)20-3-5-21(6-4-20)25-23(30)26-7-9-27(10-8-26)24-14-17-11-18(15-24)13-19(12-17)16-24/h3-6,17-19H,2,7-16H2,1H3,(H,25,30)/p+1. The van der Waals surface area contributed by atoms with E-state index in [4.69, 9.17) is 17.0 Å². The van der Waals surface area contributed by atoms with Crippen molar-refractivity contribution in [2.75, 3.05) is 38.1 Å². The SMILES string of the molecule is CCOC(=O)c1ccc(NC(=S)N2CC[NH+](C34CC5CC(CC(C5)C3)C4)CC2)cc1. The number of esters is 1. The molecule has 5 aliphatic rings. The minimum atomic E-state index is -0.282. The number of thiocarbonyl (C=S) groups is 1. The van der Waals surface area contributed by atoms with Crippen LogP contribution in [0, 0.1) is 17.8 Å². The quantitative estimate of drug-likeness (QED) is 0.570. The number of anilines is 1. The van der Waals surface area contributed by atoms with Crippen LogP contribution in [0.2, 0.25) is 0 Å². The fourth-order valence-electron chi connectivity index (χ4n) is 7.16. The Morgan fingerprint density at radius 1 is 1.10 bits per heavy atom. The van der Waals surface area contributed by atoms with Crippen LogP contribution in [0.3, 0.4) is 0 Å². The number of ether oxygens (including phenoxy) is 1. The molecule has 0 spiro atoms. The van der Waals surface area contributed by atoms with Crippen molar-refractivity contribution in [2.24, 2.45) is 17.8 Å². The molecule has 0 atom stereocenters. The molecule has 0 radical (unpaired) electrons. The fraction of sp³-hybridized carbons (Fsp3) is 0.667. The predicted octanol–water partition coefficient (Wildman–Crippen LogP) is 2.73. The molecule has 5 nitrogen and oxygen atoms in total. The van der Waals surface area contributed by atoms with Gasteiger partial charge in [0.1, 0.15) is 0 Å². The van der Waals surface area contributed by atoms with E-state index in [2.05, 4.69) is 10.2 Å². The zero-order chi connectivity index (χ0) is 20.7. The van der Waals surface area contributed by atoms with Gasteiger partial charge in [-0.15, -0.1) is 0 Å². The predicted molar refractivity (Wildman–Crippen MR) is 122 cm³/mol. The van der Waals surface area contributed by atoms with Crippen molar-refractivity contribution >= 4 is 29.0 Å². The Hall–Kier alpha value is -1.66. The molecule has 4 aliphatic carbocycles. The summed E-state index contributed by atoms with van der Waals surface area (Å²) in [5.74, 6) is 2.77. The topological polar surface area (TPSA) is 46.0 Å². The molecule has 2 N–H and O–H groups in total. The molecule has 6 heteroatoms. The molecule has 0 amide bonds. The van der Waals surface area contributed by atoms with Crippen LogP contribution in [0.25, 0.3) is 0 Å². The maximum atomic E-state index is 11.8. The second kappa shape index (κ2) is 8.12. The minimum Gasteiger partial charge on any atom is -0.462 e. The first kappa shape index (κ1) is 20.3. The van der Waals surface area contributed by atoms with Crippen LogP contribution in [0.1, 0.15) is 55.8 Å². The van der Waals surface area contributed by atoms with E-state index in [-0.39, 0.29) is 5.97 Å². The molecule has 0 unspecified atom stereocenters. The van der Waals surface area contributed by atoms with Crippen LogP contribution < -0.4 is 10.2 Å². The summed E-state index contributed by atoms with van der Waals surface area (Å²) >= 11 is 5.70. The average Bonchev–Trinajstić information content (AvgIpc) is 2.73. The summed E-state index contributed by atoms with van der Waals surface area (Å²) in [5, 5.41) is 4.15. The molecule has 30 heavy (non-hydrogen) atoms. The molecule has 162 valence electrons. The van der Waals surface area contributed by atoms with E-state index in [1.165, 1.54) is 51.6 Å². The van der Waals surface area contributed by atoms with Gasteiger partial charge in [0.05, 0.1) is 43.9 Å². The van der Waals surface area contributed by atoms with Gasteiger partial charge in [-0.05, 0) is 80.4 Å². The van der Waals surface area contributed by atoms with Crippen LogP contribution in [-0.4, -0.2) is 54.3 Å². The van der Waals surface area contributed by atoms with Crippen LogP contribution in [0.15, 0.2) is 24.3 Å². The fourth-order valence-corrected chi connectivity index (χ4v) is 7.46. The zero-order valence-corrected chi connectivity index (χ0v) is 18.8. The number of nitrogens with one attached hydrogen (secondary N) is 2. The maximum absolute atomic E-state index is 11.8. The number of piperazine rings is 1. The number of nitrogens with zero attached hydrogens (tertiary/aromatic N) is 1. The highest BCUT2D eigenvalue weighted by molar-refractivity contribution is 7.80. The lowest BCUT2D eigenvalue weighted by molar-refractivity contribution is -0.962. The molecule has 1 heterocycles. The van der Waals surface area contributed by atoms with Crippen molar-refractivity contribution in [3.63, 3.8) is 0 Å². The highest BCUT2D eigenvalue weighted by Gasteiger charge is 2.56. The second-order valence-corrected chi connectivity index (χ2v) is 10.4. The lowest BCUT2D eigenvalue weighted by Gasteiger charge is -2.59. The first-order valence-corrected chi connectivity index (χ1v) is 12.1. The third kappa shape index (κ3) is 3.84. The first-order chi connectivity index (χ1) is 14.5. The Morgan fingerprint density at radius 2 is 1.67 bits per heavy atom. The van der Waals surface area contributed by atoms with Crippen LogP contribution in [0.4, 0.5) is 5.69 Å². The van der Waals surface area contributed by atoms with Crippen molar-refractivity contribution in [1.82, 2.24) is 4.90 Å². The van der Waals surface area contributed by atoms with Crippen molar-refractivity contribution < 1.29 is 14.4 Å². The van der Waals surface area contributed by atoms with E-state index < -0.39 is 0 Å². The Labute approximate surface area is 185 Å². The molecule has 1 aromatic carbocycles. The van der Waals surface area contributed by atoms with E-state index in [0.29, 0.717) is 17.7 Å². The van der Waals surface area contributed by atoms with Gasteiger partial charge in [0.2, 0.25) is 0 Å². The smallest absolute Gasteiger partial charge is 0.338 e. The van der Waals surface area contributed by atoms with Gasteiger partial charge in [-0.1, -0.05) is 0 Å². The zero-order valence-electron chi connectivity index (χ0n) is 18.0. The van der Waals surface area contributed by atoms with Crippen LogP contribution in [-0.2, 0) is 4.74 Å². The van der Waals surface area contributed by atoms with E-state index in [0.717, 1.165) is 41.6 Å². The number of quaternary nitrogens is 1.